The topological polar surface area (TPSA) is 60.5 Å². The zero-order valence-electron chi connectivity index (χ0n) is 9.11. The molecule has 2 aromatic rings. The van der Waals surface area contributed by atoms with Crippen molar-refractivity contribution in [3.8, 4) is 17.3 Å². The summed E-state index contributed by atoms with van der Waals surface area (Å²) in [5, 5.41) is 15.8. The van der Waals surface area contributed by atoms with Gasteiger partial charge in [-0.3, -0.25) is 4.98 Å². The van der Waals surface area contributed by atoms with Gasteiger partial charge in [-0.1, -0.05) is 0 Å². The Morgan fingerprint density at radius 2 is 2.06 bits per heavy atom. The number of benzene rings is 1. The highest BCUT2D eigenvalue weighted by Crippen LogP contribution is 2.25. The van der Waals surface area contributed by atoms with Gasteiger partial charge in [-0.25, -0.2) is 8.78 Å². The van der Waals surface area contributed by atoms with E-state index in [-0.39, 0.29) is 11.3 Å². The second-order valence-corrected chi connectivity index (χ2v) is 3.51. The zero-order valence-corrected chi connectivity index (χ0v) is 9.11. The van der Waals surface area contributed by atoms with Gasteiger partial charge in [0.05, 0.1) is 5.69 Å². The summed E-state index contributed by atoms with van der Waals surface area (Å²) in [5.74, 6) is -1.84. The molecule has 0 aliphatic rings. The third-order valence-corrected chi connectivity index (χ3v) is 2.43. The van der Waals surface area contributed by atoms with Crippen LogP contribution in [-0.4, -0.2) is 11.2 Å². The van der Waals surface area contributed by atoms with Crippen molar-refractivity contribution in [1.82, 2.24) is 4.98 Å². The second kappa shape index (κ2) is 4.72. The van der Waals surface area contributed by atoms with Gasteiger partial charge in [-0.15, -0.1) is 0 Å². The van der Waals surface area contributed by atoms with Crippen LogP contribution >= 0.6 is 0 Å². The lowest BCUT2D eigenvalue weighted by Crippen LogP contribution is -1.96. The molecule has 0 radical (unpaired) electrons. The molecule has 0 atom stereocenters. The summed E-state index contributed by atoms with van der Waals surface area (Å²) < 4.78 is 27.1. The van der Waals surface area contributed by atoms with E-state index in [1.165, 1.54) is 24.4 Å². The highest BCUT2D eigenvalue weighted by molar-refractivity contribution is 5.79. The Morgan fingerprint density at radius 3 is 2.72 bits per heavy atom. The average molecular weight is 243 g/mol. The summed E-state index contributed by atoms with van der Waals surface area (Å²) in [5.41, 5.74) is 0.207. The Hall–Kier alpha value is -2.61. The van der Waals surface area contributed by atoms with Gasteiger partial charge in [0.2, 0.25) is 0 Å². The van der Waals surface area contributed by atoms with Crippen molar-refractivity contribution in [2.24, 2.45) is 0 Å². The highest BCUT2D eigenvalue weighted by Gasteiger charge is 2.15. The number of nitrogens with zero attached hydrogens (tertiary/aromatic N) is 2. The maximum absolute atomic E-state index is 13.9. The molecule has 0 amide bonds. The van der Waals surface area contributed by atoms with E-state index in [0.29, 0.717) is 5.56 Å². The Morgan fingerprint density at radius 1 is 1.28 bits per heavy atom. The first-order chi connectivity index (χ1) is 8.67. The fourth-order valence-electron chi connectivity index (χ4n) is 1.54. The summed E-state index contributed by atoms with van der Waals surface area (Å²) in [6.45, 7) is 0. The number of hydrogen-bond donors (Lipinski definition) is 1. The smallest absolute Gasteiger partial charge is 0.153 e. The Balaban J connectivity index is 2.65. The summed E-state index contributed by atoms with van der Waals surface area (Å²) in [4.78, 5) is 3.95. The van der Waals surface area contributed by atoms with Gasteiger partial charge in [-0.2, -0.15) is 5.26 Å². The van der Waals surface area contributed by atoms with E-state index in [9.17, 15) is 8.78 Å². The Labute approximate surface area is 102 Å². The molecule has 2 rings (SSSR count). The number of nitrogens with one attached hydrogen (secondary N) is 1. The molecule has 1 aromatic heterocycles. The fraction of sp³-hybridized carbons (Fsp3) is 0. The van der Waals surface area contributed by atoms with Gasteiger partial charge in [0.25, 0.3) is 0 Å². The van der Waals surface area contributed by atoms with Crippen molar-refractivity contribution in [1.29, 1.82) is 10.7 Å². The number of rotatable bonds is 2. The van der Waals surface area contributed by atoms with Crippen molar-refractivity contribution in [3.05, 3.63) is 53.2 Å². The molecular weight excluding hydrogens is 236 g/mol. The van der Waals surface area contributed by atoms with Crippen LogP contribution in [0.5, 0.6) is 0 Å². The number of pyridine rings is 1. The number of nitriles is 1. The number of hydrogen-bond acceptors (Lipinski definition) is 3. The lowest BCUT2D eigenvalue weighted by molar-refractivity contribution is 0.579. The molecular formula is C13H7F2N3. The molecule has 3 nitrogen and oxygen atoms in total. The van der Waals surface area contributed by atoms with Gasteiger partial charge in [0, 0.05) is 18.0 Å². The molecule has 1 aromatic carbocycles. The molecule has 1 heterocycles. The molecule has 0 saturated heterocycles. The van der Waals surface area contributed by atoms with Crippen LogP contribution in [-0.2, 0) is 0 Å². The summed E-state index contributed by atoms with van der Waals surface area (Å²) in [7, 11) is 0. The van der Waals surface area contributed by atoms with Crippen molar-refractivity contribution in [3.63, 3.8) is 0 Å². The van der Waals surface area contributed by atoms with Gasteiger partial charge < -0.3 is 5.41 Å². The van der Waals surface area contributed by atoms with Crippen LogP contribution in [0.2, 0.25) is 0 Å². The van der Waals surface area contributed by atoms with Crippen LogP contribution in [0, 0.1) is 28.4 Å². The minimum atomic E-state index is -0.938. The number of halogens is 2. The lowest BCUT2D eigenvalue weighted by Gasteiger charge is -2.05. The number of aromatic nitrogens is 1. The predicted octanol–water partition coefficient (Wildman–Crippen LogP) is 2.90. The molecule has 0 aliphatic carbocycles. The third-order valence-electron chi connectivity index (χ3n) is 2.43. The molecule has 0 aliphatic heterocycles. The standard InChI is InChI=1S/C13H7F2N3/c14-11-2-1-9(13(15)10(11)7-17)12-5-8(6-16)3-4-18-12/h1-6,16H. The molecule has 0 saturated carbocycles. The monoisotopic (exact) mass is 243 g/mol. The van der Waals surface area contributed by atoms with E-state index in [1.54, 1.807) is 6.07 Å². The van der Waals surface area contributed by atoms with Crippen LogP contribution in [0.4, 0.5) is 8.78 Å². The molecule has 0 spiro atoms. The van der Waals surface area contributed by atoms with E-state index in [4.69, 9.17) is 10.7 Å². The normalized spacial score (nSPS) is 9.83. The first-order valence-corrected chi connectivity index (χ1v) is 5.02. The van der Waals surface area contributed by atoms with Crippen LogP contribution in [0.3, 0.4) is 0 Å². The van der Waals surface area contributed by atoms with E-state index in [0.717, 1.165) is 12.3 Å². The first kappa shape index (κ1) is 11.9. The van der Waals surface area contributed by atoms with E-state index >= 15 is 0 Å². The van der Waals surface area contributed by atoms with Gasteiger partial charge >= 0.3 is 0 Å². The third kappa shape index (κ3) is 1.96. The van der Waals surface area contributed by atoms with E-state index < -0.39 is 17.2 Å². The van der Waals surface area contributed by atoms with Crippen LogP contribution in [0.1, 0.15) is 11.1 Å². The summed E-state index contributed by atoms with van der Waals surface area (Å²) >= 11 is 0. The van der Waals surface area contributed by atoms with Crippen molar-refractivity contribution in [2.45, 2.75) is 0 Å². The summed E-state index contributed by atoms with van der Waals surface area (Å²) in [6, 6.07) is 6.80. The SMILES string of the molecule is N#Cc1c(F)ccc(-c2cc(C=N)ccn2)c1F. The van der Waals surface area contributed by atoms with Crippen molar-refractivity contribution >= 4 is 6.21 Å². The molecule has 5 heteroatoms. The maximum Gasteiger partial charge on any atom is 0.153 e. The van der Waals surface area contributed by atoms with Crippen molar-refractivity contribution < 1.29 is 8.78 Å². The minimum absolute atomic E-state index is 0.0386. The molecule has 0 bridgehead atoms. The largest absolute Gasteiger partial charge is 0.308 e. The summed E-state index contributed by atoms with van der Waals surface area (Å²) in [6.07, 6.45) is 2.52. The van der Waals surface area contributed by atoms with E-state index in [2.05, 4.69) is 4.98 Å². The highest BCUT2D eigenvalue weighted by atomic mass is 19.1. The Bertz CT molecular complexity index is 660. The fourth-order valence-corrected chi connectivity index (χ4v) is 1.54. The van der Waals surface area contributed by atoms with Gasteiger partial charge in [-0.05, 0) is 29.8 Å². The zero-order chi connectivity index (χ0) is 13.1. The minimum Gasteiger partial charge on any atom is -0.308 e. The first-order valence-electron chi connectivity index (χ1n) is 5.02. The average Bonchev–Trinajstić information content (AvgIpc) is 2.39. The van der Waals surface area contributed by atoms with Gasteiger partial charge in [0.15, 0.2) is 5.82 Å². The molecule has 1 N–H and O–H groups in total. The quantitative estimate of drug-likeness (QED) is 0.824. The predicted molar refractivity (Wildman–Crippen MR) is 62.2 cm³/mol. The van der Waals surface area contributed by atoms with Crippen LogP contribution in [0.15, 0.2) is 30.5 Å². The molecule has 0 unspecified atom stereocenters. The molecule has 88 valence electrons. The van der Waals surface area contributed by atoms with E-state index in [1.807, 2.05) is 0 Å². The Kier molecular flexibility index (Phi) is 3.11. The lowest BCUT2D eigenvalue weighted by atomic mass is 10.1. The molecule has 0 fully saturated rings. The van der Waals surface area contributed by atoms with Crippen LogP contribution < -0.4 is 0 Å². The molecule has 18 heavy (non-hydrogen) atoms. The van der Waals surface area contributed by atoms with Gasteiger partial charge in [0.1, 0.15) is 17.4 Å². The van der Waals surface area contributed by atoms with Crippen LogP contribution in [0.25, 0.3) is 11.3 Å². The maximum atomic E-state index is 13.9. The van der Waals surface area contributed by atoms with Crippen molar-refractivity contribution in [2.75, 3.05) is 0 Å². The second-order valence-electron chi connectivity index (χ2n) is 3.51.